The Balaban J connectivity index is 1.76. The fourth-order valence-corrected chi connectivity index (χ4v) is 3.38. The highest BCUT2D eigenvalue weighted by atomic mass is 35.5. The normalized spacial score (nSPS) is 12.3. The molecular formula is C19H16Cl2N6. The molecule has 0 aliphatic heterocycles. The van der Waals surface area contributed by atoms with Gasteiger partial charge in [0.1, 0.15) is 5.82 Å². The third-order valence-corrected chi connectivity index (χ3v) is 4.86. The molecule has 0 aliphatic carbocycles. The Kier molecular flexibility index (Phi) is 4.68. The van der Waals surface area contributed by atoms with Crippen molar-refractivity contribution in [3.8, 4) is 11.4 Å². The van der Waals surface area contributed by atoms with Crippen LogP contribution in [0.3, 0.4) is 0 Å². The lowest BCUT2D eigenvalue weighted by Crippen LogP contribution is -2.24. The molecule has 3 heterocycles. The first-order valence-corrected chi connectivity index (χ1v) is 9.11. The minimum absolute atomic E-state index is 0.0525. The Morgan fingerprint density at radius 3 is 2.48 bits per heavy atom. The van der Waals surface area contributed by atoms with Gasteiger partial charge in [-0.3, -0.25) is 4.98 Å². The fourth-order valence-electron chi connectivity index (χ4n) is 2.85. The molecule has 0 N–H and O–H groups in total. The molecule has 3 aromatic heterocycles. The zero-order valence-electron chi connectivity index (χ0n) is 14.7. The first kappa shape index (κ1) is 17.7. The Morgan fingerprint density at radius 1 is 1.00 bits per heavy atom. The average Bonchev–Trinajstić information content (AvgIpc) is 3.10. The first-order chi connectivity index (χ1) is 13.0. The number of rotatable bonds is 4. The van der Waals surface area contributed by atoms with Gasteiger partial charge in [-0.1, -0.05) is 29.3 Å². The van der Waals surface area contributed by atoms with Crippen LogP contribution in [0.25, 0.3) is 17.0 Å². The SMILES string of the molecule is CC(c1ccccn1)N(C)c1ccc2nnc(-c3cc(Cl)cc(Cl)c3)n2n1. The number of fused-ring (bicyclic) bond motifs is 1. The third-order valence-electron chi connectivity index (χ3n) is 4.43. The summed E-state index contributed by atoms with van der Waals surface area (Å²) < 4.78 is 1.69. The molecule has 4 aromatic rings. The van der Waals surface area contributed by atoms with E-state index < -0.39 is 0 Å². The molecule has 8 heteroatoms. The van der Waals surface area contributed by atoms with Gasteiger partial charge in [0.25, 0.3) is 0 Å². The van der Waals surface area contributed by atoms with Gasteiger partial charge in [0, 0.05) is 28.9 Å². The van der Waals surface area contributed by atoms with E-state index in [1.807, 2.05) is 37.4 Å². The Hall–Kier alpha value is -2.70. The molecule has 0 radical (unpaired) electrons. The zero-order valence-corrected chi connectivity index (χ0v) is 16.2. The second kappa shape index (κ2) is 7.13. The van der Waals surface area contributed by atoms with Crippen molar-refractivity contribution in [2.45, 2.75) is 13.0 Å². The highest BCUT2D eigenvalue weighted by Crippen LogP contribution is 2.27. The van der Waals surface area contributed by atoms with Crippen LogP contribution in [0.15, 0.2) is 54.7 Å². The van der Waals surface area contributed by atoms with Crippen molar-refractivity contribution in [2.24, 2.45) is 0 Å². The summed E-state index contributed by atoms with van der Waals surface area (Å²) in [6, 6.07) is 15.0. The monoisotopic (exact) mass is 398 g/mol. The minimum Gasteiger partial charge on any atom is -0.350 e. The van der Waals surface area contributed by atoms with Crippen LogP contribution in [0.4, 0.5) is 5.82 Å². The van der Waals surface area contributed by atoms with E-state index in [1.54, 1.807) is 28.9 Å². The van der Waals surface area contributed by atoms with Crippen molar-refractivity contribution < 1.29 is 0 Å². The molecule has 4 rings (SSSR count). The molecule has 27 heavy (non-hydrogen) atoms. The number of anilines is 1. The van der Waals surface area contributed by atoms with Gasteiger partial charge in [0.05, 0.1) is 11.7 Å². The molecule has 0 aliphatic rings. The molecular weight excluding hydrogens is 383 g/mol. The molecule has 1 unspecified atom stereocenters. The smallest absolute Gasteiger partial charge is 0.185 e. The van der Waals surface area contributed by atoms with E-state index in [0.717, 1.165) is 17.1 Å². The van der Waals surface area contributed by atoms with Crippen LogP contribution in [0.2, 0.25) is 10.0 Å². The Bertz CT molecular complexity index is 1080. The van der Waals surface area contributed by atoms with E-state index in [2.05, 4.69) is 27.0 Å². The lowest BCUT2D eigenvalue weighted by Gasteiger charge is -2.25. The second-order valence-corrected chi connectivity index (χ2v) is 7.06. The maximum Gasteiger partial charge on any atom is 0.185 e. The third kappa shape index (κ3) is 3.46. The van der Waals surface area contributed by atoms with E-state index in [1.165, 1.54) is 0 Å². The summed E-state index contributed by atoms with van der Waals surface area (Å²) in [7, 11) is 1.98. The molecule has 0 bridgehead atoms. The molecule has 136 valence electrons. The number of pyridine rings is 1. The molecule has 0 fully saturated rings. The van der Waals surface area contributed by atoms with Crippen LogP contribution >= 0.6 is 23.2 Å². The van der Waals surface area contributed by atoms with E-state index in [0.29, 0.717) is 21.5 Å². The topological polar surface area (TPSA) is 59.2 Å². The number of halogens is 2. The van der Waals surface area contributed by atoms with Crippen LogP contribution in [-0.2, 0) is 0 Å². The molecule has 1 aromatic carbocycles. The minimum atomic E-state index is 0.0525. The zero-order chi connectivity index (χ0) is 19.0. The van der Waals surface area contributed by atoms with Crippen molar-refractivity contribution >= 4 is 34.7 Å². The van der Waals surface area contributed by atoms with Crippen LogP contribution < -0.4 is 4.90 Å². The molecule has 0 saturated carbocycles. The summed E-state index contributed by atoms with van der Waals surface area (Å²) in [5.41, 5.74) is 2.36. The van der Waals surface area contributed by atoms with Gasteiger partial charge in [-0.15, -0.1) is 15.3 Å². The number of nitrogens with zero attached hydrogens (tertiary/aromatic N) is 6. The lowest BCUT2D eigenvalue weighted by atomic mass is 10.2. The number of hydrogen-bond acceptors (Lipinski definition) is 5. The number of benzene rings is 1. The highest BCUT2D eigenvalue weighted by Gasteiger charge is 2.17. The summed E-state index contributed by atoms with van der Waals surface area (Å²) in [5, 5.41) is 14.2. The van der Waals surface area contributed by atoms with Crippen LogP contribution in [0.1, 0.15) is 18.7 Å². The summed E-state index contributed by atoms with van der Waals surface area (Å²) in [4.78, 5) is 6.48. The molecule has 0 spiro atoms. The van der Waals surface area contributed by atoms with Gasteiger partial charge in [0.15, 0.2) is 11.5 Å². The summed E-state index contributed by atoms with van der Waals surface area (Å²) in [6.07, 6.45) is 1.79. The number of aromatic nitrogens is 5. The Labute approximate surface area is 166 Å². The van der Waals surface area contributed by atoms with Gasteiger partial charge >= 0.3 is 0 Å². The van der Waals surface area contributed by atoms with E-state index in [4.69, 9.17) is 28.3 Å². The Morgan fingerprint density at radius 2 is 1.78 bits per heavy atom. The summed E-state index contributed by atoms with van der Waals surface area (Å²) in [5.74, 6) is 1.35. The van der Waals surface area contributed by atoms with Crippen molar-refractivity contribution in [3.05, 3.63) is 70.5 Å². The van der Waals surface area contributed by atoms with E-state index in [-0.39, 0.29) is 6.04 Å². The largest absolute Gasteiger partial charge is 0.350 e. The maximum atomic E-state index is 6.13. The van der Waals surface area contributed by atoms with E-state index in [9.17, 15) is 0 Å². The molecule has 1 atom stereocenters. The van der Waals surface area contributed by atoms with Crippen molar-refractivity contribution in [3.63, 3.8) is 0 Å². The highest BCUT2D eigenvalue weighted by molar-refractivity contribution is 6.35. The van der Waals surface area contributed by atoms with E-state index >= 15 is 0 Å². The summed E-state index contributed by atoms with van der Waals surface area (Å²) >= 11 is 12.3. The quantitative estimate of drug-likeness (QED) is 0.498. The summed E-state index contributed by atoms with van der Waals surface area (Å²) in [6.45, 7) is 2.08. The van der Waals surface area contributed by atoms with Crippen LogP contribution in [0.5, 0.6) is 0 Å². The molecule has 6 nitrogen and oxygen atoms in total. The van der Waals surface area contributed by atoms with Gasteiger partial charge in [-0.05, 0) is 49.4 Å². The molecule has 0 saturated heterocycles. The maximum absolute atomic E-state index is 6.13. The van der Waals surface area contributed by atoms with Crippen molar-refractivity contribution in [1.29, 1.82) is 0 Å². The second-order valence-electron chi connectivity index (χ2n) is 6.18. The van der Waals surface area contributed by atoms with Gasteiger partial charge in [0.2, 0.25) is 0 Å². The predicted molar refractivity (Wildman–Crippen MR) is 107 cm³/mol. The average molecular weight is 399 g/mol. The predicted octanol–water partition coefficient (Wildman–Crippen LogP) is 4.69. The first-order valence-electron chi connectivity index (χ1n) is 8.35. The van der Waals surface area contributed by atoms with Crippen LogP contribution in [-0.4, -0.2) is 31.8 Å². The lowest BCUT2D eigenvalue weighted by molar-refractivity contribution is 0.694. The van der Waals surface area contributed by atoms with Gasteiger partial charge in [-0.2, -0.15) is 4.52 Å². The van der Waals surface area contributed by atoms with Gasteiger partial charge < -0.3 is 4.90 Å². The van der Waals surface area contributed by atoms with Crippen molar-refractivity contribution in [2.75, 3.05) is 11.9 Å². The number of hydrogen-bond donors (Lipinski definition) is 0. The molecule has 0 amide bonds. The van der Waals surface area contributed by atoms with Gasteiger partial charge in [-0.25, -0.2) is 0 Å². The fraction of sp³-hybridized carbons (Fsp3) is 0.158. The van der Waals surface area contributed by atoms with Crippen LogP contribution in [0, 0.1) is 0 Å². The standard InChI is InChI=1S/C19H16Cl2N6/c1-12(16-5-3-4-8-22-16)26(2)18-7-6-17-23-24-19(27(17)25-18)13-9-14(20)11-15(21)10-13/h3-12H,1-2H3. The van der Waals surface area contributed by atoms with Crippen molar-refractivity contribution in [1.82, 2.24) is 24.8 Å².